The zero-order chi connectivity index (χ0) is 15.4. The molecule has 1 aliphatic rings. The van der Waals surface area contributed by atoms with Gasteiger partial charge < -0.3 is 9.84 Å². The molecular weight excluding hydrogens is 291 g/mol. The fourth-order valence-corrected chi connectivity index (χ4v) is 4.91. The molecular formula is C19H16O2P-. The van der Waals surface area contributed by atoms with E-state index in [4.69, 9.17) is 4.74 Å². The maximum Gasteiger partial charge on any atom is 0.0591 e. The predicted molar refractivity (Wildman–Crippen MR) is 90.3 cm³/mol. The number of ether oxygens (including phenoxy) is 1. The second-order valence-electron chi connectivity index (χ2n) is 4.82. The van der Waals surface area contributed by atoms with Crippen LogP contribution < -0.4 is 15.7 Å². The highest BCUT2D eigenvalue weighted by atomic mass is 31.1. The van der Waals surface area contributed by atoms with E-state index in [1.807, 2.05) is 54.6 Å². The summed E-state index contributed by atoms with van der Waals surface area (Å²) < 4.78 is 4.93. The van der Waals surface area contributed by atoms with Crippen LogP contribution in [0, 0.1) is 0 Å². The minimum absolute atomic E-state index is 0.278. The summed E-state index contributed by atoms with van der Waals surface area (Å²) in [5.41, 5.74) is 0.654. The van der Waals surface area contributed by atoms with Gasteiger partial charge in [-0.1, -0.05) is 78.9 Å². The molecule has 0 aromatic heterocycles. The number of allylic oxidation sites excluding steroid dienone is 5. The Morgan fingerprint density at radius 2 is 1.45 bits per heavy atom. The Morgan fingerprint density at radius 1 is 0.909 bits per heavy atom. The van der Waals surface area contributed by atoms with Crippen molar-refractivity contribution in [3.05, 3.63) is 95.7 Å². The molecule has 0 spiro atoms. The van der Waals surface area contributed by atoms with Crippen molar-refractivity contribution in [2.45, 2.75) is 0 Å². The second-order valence-corrected chi connectivity index (χ2v) is 7.01. The number of hydrogen-bond donors (Lipinski definition) is 0. The maximum atomic E-state index is 12.1. The number of rotatable bonds is 4. The van der Waals surface area contributed by atoms with Gasteiger partial charge in [-0.05, 0) is 31.0 Å². The van der Waals surface area contributed by atoms with Crippen LogP contribution >= 0.6 is 7.92 Å². The van der Waals surface area contributed by atoms with Crippen molar-refractivity contribution in [3.8, 4) is 0 Å². The summed E-state index contributed by atoms with van der Waals surface area (Å²) in [5, 5.41) is 15.5. The molecule has 2 nitrogen and oxygen atoms in total. The minimum Gasteiger partial charge on any atom is -0.616 e. The maximum absolute atomic E-state index is 12.1. The third-order valence-electron chi connectivity index (χ3n) is 3.47. The molecule has 0 saturated carbocycles. The van der Waals surface area contributed by atoms with E-state index >= 15 is 0 Å². The van der Waals surface area contributed by atoms with Crippen LogP contribution in [0.5, 0.6) is 0 Å². The number of hydrogen-bond acceptors (Lipinski definition) is 2. The molecule has 110 valence electrons. The lowest BCUT2D eigenvalue weighted by molar-refractivity contribution is -0.354. The molecule has 2 aromatic carbocycles. The van der Waals surface area contributed by atoms with Gasteiger partial charge in [-0.25, -0.2) is 0 Å². The van der Waals surface area contributed by atoms with E-state index in [-0.39, 0.29) is 5.95 Å². The summed E-state index contributed by atoms with van der Waals surface area (Å²) in [6.07, 6.45) is 5.78. The van der Waals surface area contributed by atoms with Crippen LogP contribution in [-0.2, 0) is 4.74 Å². The van der Waals surface area contributed by atoms with Gasteiger partial charge in [0.1, 0.15) is 0 Å². The highest BCUT2D eigenvalue weighted by molar-refractivity contribution is 7.77. The standard InChI is InChI=1S/C19H17O2P/c1-21-19(20)17-13-8-14-18(17)22(15-9-4-2-5-10-15)16-11-6-3-7-12-16/h2-14,20H,1H3/p-1. The molecule has 0 fully saturated rings. The third-order valence-corrected chi connectivity index (χ3v) is 5.97. The first-order valence-electron chi connectivity index (χ1n) is 7.05. The zero-order valence-electron chi connectivity index (χ0n) is 12.3. The molecule has 0 bridgehead atoms. The average molecular weight is 307 g/mol. The van der Waals surface area contributed by atoms with Crippen molar-refractivity contribution in [3.63, 3.8) is 0 Å². The quantitative estimate of drug-likeness (QED) is 0.643. The van der Waals surface area contributed by atoms with Gasteiger partial charge in [0.2, 0.25) is 0 Å². The van der Waals surface area contributed by atoms with Gasteiger partial charge in [-0.15, -0.1) is 0 Å². The van der Waals surface area contributed by atoms with Crippen molar-refractivity contribution < 1.29 is 9.84 Å². The summed E-state index contributed by atoms with van der Waals surface area (Å²) in [5.74, 6) is -0.278. The van der Waals surface area contributed by atoms with Gasteiger partial charge in [-0.3, -0.25) is 0 Å². The Labute approximate surface area is 131 Å². The van der Waals surface area contributed by atoms with Gasteiger partial charge in [0.05, 0.1) is 5.95 Å². The SMILES string of the molecule is COC([O-])=C1C=CC=C1P(c1ccccc1)c1ccccc1. The van der Waals surface area contributed by atoms with E-state index in [1.165, 1.54) is 17.7 Å². The molecule has 0 aliphatic heterocycles. The van der Waals surface area contributed by atoms with Crippen molar-refractivity contribution in [1.82, 2.24) is 0 Å². The molecule has 2 aromatic rings. The molecule has 0 atom stereocenters. The fourth-order valence-electron chi connectivity index (χ4n) is 2.47. The van der Waals surface area contributed by atoms with Gasteiger partial charge >= 0.3 is 0 Å². The summed E-state index contributed by atoms with van der Waals surface area (Å²) >= 11 is 0. The Bertz CT molecular complexity index is 691. The lowest BCUT2D eigenvalue weighted by Gasteiger charge is -2.24. The first-order valence-corrected chi connectivity index (χ1v) is 8.39. The number of methoxy groups -OCH3 is 1. The molecule has 0 heterocycles. The lowest BCUT2D eigenvalue weighted by atomic mass is 10.3. The van der Waals surface area contributed by atoms with Gasteiger partial charge in [0, 0.05) is 5.57 Å². The molecule has 0 unspecified atom stereocenters. The van der Waals surface area contributed by atoms with Crippen LogP contribution in [0.25, 0.3) is 0 Å². The summed E-state index contributed by atoms with van der Waals surface area (Å²) in [4.78, 5) is 0. The monoisotopic (exact) mass is 307 g/mol. The third kappa shape index (κ3) is 2.84. The van der Waals surface area contributed by atoms with Crippen LogP contribution in [0.3, 0.4) is 0 Å². The predicted octanol–water partition coefficient (Wildman–Crippen LogP) is 2.79. The molecule has 0 N–H and O–H groups in total. The fraction of sp³-hybridized carbons (Fsp3) is 0.0526. The van der Waals surface area contributed by atoms with E-state index < -0.39 is 7.92 Å². The first kappa shape index (κ1) is 14.6. The highest BCUT2D eigenvalue weighted by Crippen LogP contribution is 2.49. The highest BCUT2D eigenvalue weighted by Gasteiger charge is 2.22. The second kappa shape index (κ2) is 6.64. The van der Waals surface area contributed by atoms with Crippen LogP contribution in [0.2, 0.25) is 0 Å². The largest absolute Gasteiger partial charge is 0.616 e. The van der Waals surface area contributed by atoms with E-state index in [0.717, 1.165) is 5.31 Å². The van der Waals surface area contributed by atoms with Gasteiger partial charge in [0.25, 0.3) is 0 Å². The van der Waals surface area contributed by atoms with Crippen molar-refractivity contribution in [1.29, 1.82) is 0 Å². The van der Waals surface area contributed by atoms with Gasteiger partial charge in [0.15, 0.2) is 0 Å². The molecule has 0 radical (unpaired) electrons. The molecule has 3 heteroatoms. The first-order chi connectivity index (χ1) is 10.8. The molecule has 0 saturated heterocycles. The van der Waals surface area contributed by atoms with Crippen molar-refractivity contribution >= 4 is 18.5 Å². The summed E-state index contributed by atoms with van der Waals surface area (Å²) in [6.45, 7) is 0. The molecule has 3 rings (SSSR count). The average Bonchev–Trinajstić information content (AvgIpc) is 3.06. The molecule has 1 aliphatic carbocycles. The molecule has 22 heavy (non-hydrogen) atoms. The smallest absolute Gasteiger partial charge is 0.0591 e. The Balaban J connectivity index is 2.12. The number of benzene rings is 2. The summed E-state index contributed by atoms with van der Waals surface area (Å²) in [6, 6.07) is 20.6. The topological polar surface area (TPSA) is 32.3 Å². The summed E-state index contributed by atoms with van der Waals surface area (Å²) in [7, 11) is 0.654. The van der Waals surface area contributed by atoms with E-state index in [0.29, 0.717) is 5.57 Å². The van der Waals surface area contributed by atoms with Gasteiger partial charge in [-0.2, -0.15) is 0 Å². The lowest BCUT2D eigenvalue weighted by Crippen LogP contribution is -2.15. The Morgan fingerprint density at radius 3 is 1.95 bits per heavy atom. The minimum atomic E-state index is -0.769. The molecule has 0 amide bonds. The zero-order valence-corrected chi connectivity index (χ0v) is 13.2. The van der Waals surface area contributed by atoms with Crippen LogP contribution in [0.1, 0.15) is 0 Å². The van der Waals surface area contributed by atoms with Crippen LogP contribution in [0.15, 0.2) is 95.7 Å². The Hall–Kier alpha value is -2.31. The normalized spacial score (nSPS) is 15.8. The van der Waals surface area contributed by atoms with E-state index in [1.54, 1.807) is 0 Å². The van der Waals surface area contributed by atoms with Crippen molar-refractivity contribution in [2.75, 3.05) is 7.11 Å². The van der Waals surface area contributed by atoms with Crippen molar-refractivity contribution in [2.24, 2.45) is 0 Å². The van der Waals surface area contributed by atoms with E-state index in [2.05, 4.69) is 24.3 Å². The van der Waals surface area contributed by atoms with E-state index in [9.17, 15) is 5.11 Å². The Kier molecular flexibility index (Phi) is 4.41. The van der Waals surface area contributed by atoms with Crippen LogP contribution in [-0.4, -0.2) is 7.11 Å². The van der Waals surface area contributed by atoms with Crippen LogP contribution in [0.4, 0.5) is 0 Å².